The maximum absolute atomic E-state index is 13.2. The fraction of sp³-hybridized carbons (Fsp3) is 0.348. The predicted octanol–water partition coefficient (Wildman–Crippen LogP) is 3.90. The Morgan fingerprint density at radius 2 is 1.89 bits per heavy atom. The molecule has 0 aliphatic heterocycles. The van der Waals surface area contributed by atoms with Crippen molar-refractivity contribution in [2.45, 2.75) is 31.6 Å². The summed E-state index contributed by atoms with van der Waals surface area (Å²) < 4.78 is 52.6. The molecule has 0 saturated heterocycles. The van der Waals surface area contributed by atoms with E-state index < -0.39 is 23.5 Å². The Hall–Kier alpha value is -3.96. The molecule has 2 aromatic carbocycles. The molecule has 2 amide bonds. The number of carbonyl (C=O) groups excluding carboxylic acids is 1. The van der Waals surface area contributed by atoms with Gasteiger partial charge in [-0.1, -0.05) is 18.2 Å². The molecule has 3 aromatic rings. The fourth-order valence-electron chi connectivity index (χ4n) is 3.69. The largest absolute Gasteiger partial charge is 0.493 e. The van der Waals surface area contributed by atoms with Crippen LogP contribution in [0.1, 0.15) is 24.4 Å². The van der Waals surface area contributed by atoms with E-state index in [2.05, 4.69) is 15.7 Å². The molecule has 1 aliphatic rings. The molecule has 1 fully saturated rings. The first kappa shape index (κ1) is 24.2. The predicted molar refractivity (Wildman–Crippen MR) is 122 cm³/mol. The number of rotatable bonds is 8. The van der Waals surface area contributed by atoms with E-state index in [1.807, 2.05) is 0 Å². The Morgan fingerprint density at radius 1 is 1.14 bits per heavy atom. The summed E-state index contributed by atoms with van der Waals surface area (Å²) in [6.45, 7) is 0.0922. The quantitative estimate of drug-likeness (QED) is 0.498. The molecule has 2 N–H and O–H groups in total. The van der Waals surface area contributed by atoms with Crippen LogP contribution < -0.4 is 25.8 Å². The van der Waals surface area contributed by atoms with Crippen molar-refractivity contribution in [1.29, 1.82) is 0 Å². The molecule has 1 saturated carbocycles. The summed E-state index contributed by atoms with van der Waals surface area (Å²) in [5, 5.41) is 9.57. The summed E-state index contributed by atoms with van der Waals surface area (Å²) in [6, 6.07) is 9.12. The maximum Gasteiger partial charge on any atom is 0.416 e. The number of aromatic nitrogens is 3. The lowest BCUT2D eigenvalue weighted by molar-refractivity contribution is -0.137. The third kappa shape index (κ3) is 5.26. The number of alkyl halides is 3. The van der Waals surface area contributed by atoms with Gasteiger partial charge in [-0.3, -0.25) is 4.57 Å². The Balaban J connectivity index is 1.48. The van der Waals surface area contributed by atoms with E-state index in [1.165, 1.54) is 30.9 Å². The summed E-state index contributed by atoms with van der Waals surface area (Å²) in [5.74, 6) is 0.981. The van der Waals surface area contributed by atoms with Crippen molar-refractivity contribution in [2.24, 2.45) is 0 Å². The Labute approximate surface area is 198 Å². The van der Waals surface area contributed by atoms with Crippen LogP contribution in [0.5, 0.6) is 11.5 Å². The number of para-hydroxylation sites is 1. The molecule has 0 unspecified atom stereocenters. The van der Waals surface area contributed by atoms with Crippen molar-refractivity contribution in [3.8, 4) is 22.9 Å². The molecule has 1 aliphatic carbocycles. The van der Waals surface area contributed by atoms with E-state index in [4.69, 9.17) is 9.47 Å². The van der Waals surface area contributed by atoms with Crippen LogP contribution in [0.15, 0.2) is 47.3 Å². The standard InChI is InChI=1S/C23H24F3N5O4/c1-34-18-8-4-7-17(19(18)35-2)28-21(32)27-11-12-30-22(33)31(16-9-10-16)20(29-30)14-5-3-6-15(13-14)23(24,25)26/h3-8,13,16H,9-12H2,1-2H3,(H2,27,28,32). The van der Waals surface area contributed by atoms with Crippen LogP contribution in [0, 0.1) is 0 Å². The average Bonchev–Trinajstić information content (AvgIpc) is 3.61. The van der Waals surface area contributed by atoms with Gasteiger partial charge in [-0.05, 0) is 37.1 Å². The van der Waals surface area contributed by atoms with Crippen LogP contribution in [-0.4, -0.2) is 41.1 Å². The molecule has 0 spiro atoms. The third-order valence-electron chi connectivity index (χ3n) is 5.49. The van der Waals surface area contributed by atoms with Gasteiger partial charge in [0.1, 0.15) is 0 Å². The van der Waals surface area contributed by atoms with Gasteiger partial charge in [-0.15, -0.1) is 5.10 Å². The average molecular weight is 491 g/mol. The minimum absolute atomic E-state index is 0.0349. The number of methoxy groups -OCH3 is 2. The first-order valence-electron chi connectivity index (χ1n) is 10.9. The molecule has 186 valence electrons. The smallest absolute Gasteiger partial charge is 0.416 e. The number of halogens is 3. The number of hydrogen-bond donors (Lipinski definition) is 2. The molecule has 12 heteroatoms. The van der Waals surface area contributed by atoms with Crippen LogP contribution >= 0.6 is 0 Å². The van der Waals surface area contributed by atoms with Crippen molar-refractivity contribution >= 4 is 11.7 Å². The zero-order valence-corrected chi connectivity index (χ0v) is 19.1. The van der Waals surface area contributed by atoms with Crippen molar-refractivity contribution in [2.75, 3.05) is 26.1 Å². The van der Waals surface area contributed by atoms with E-state index in [1.54, 1.807) is 18.2 Å². The molecule has 1 aromatic heterocycles. The van der Waals surface area contributed by atoms with E-state index in [9.17, 15) is 22.8 Å². The SMILES string of the molecule is COc1cccc(NC(=O)NCCn2nc(-c3cccc(C(F)(F)F)c3)n(C3CC3)c2=O)c1OC. The number of nitrogens with zero attached hydrogens (tertiary/aromatic N) is 3. The summed E-state index contributed by atoms with van der Waals surface area (Å²) in [7, 11) is 2.93. The number of amides is 2. The number of hydrogen-bond acceptors (Lipinski definition) is 5. The number of benzene rings is 2. The van der Waals surface area contributed by atoms with Crippen molar-refractivity contribution in [3.63, 3.8) is 0 Å². The van der Waals surface area contributed by atoms with E-state index in [0.717, 1.165) is 29.7 Å². The summed E-state index contributed by atoms with van der Waals surface area (Å²) in [4.78, 5) is 25.3. The van der Waals surface area contributed by atoms with Crippen LogP contribution in [0.2, 0.25) is 0 Å². The second-order valence-corrected chi connectivity index (χ2v) is 7.93. The van der Waals surface area contributed by atoms with E-state index in [0.29, 0.717) is 17.2 Å². The van der Waals surface area contributed by atoms with Gasteiger partial charge in [0.05, 0.1) is 32.0 Å². The zero-order valence-electron chi connectivity index (χ0n) is 19.1. The molecule has 0 radical (unpaired) electrons. The monoisotopic (exact) mass is 491 g/mol. The normalized spacial score (nSPS) is 13.4. The third-order valence-corrected chi connectivity index (χ3v) is 5.49. The Bertz CT molecular complexity index is 1280. The van der Waals surface area contributed by atoms with Gasteiger partial charge in [-0.2, -0.15) is 13.2 Å². The highest BCUT2D eigenvalue weighted by Crippen LogP contribution is 2.38. The molecule has 4 rings (SSSR count). The molecule has 0 atom stereocenters. The van der Waals surface area contributed by atoms with Gasteiger partial charge in [-0.25, -0.2) is 14.3 Å². The first-order chi connectivity index (χ1) is 16.7. The molecule has 9 nitrogen and oxygen atoms in total. The number of carbonyl (C=O) groups is 1. The lowest BCUT2D eigenvalue weighted by Crippen LogP contribution is -2.34. The topological polar surface area (TPSA) is 99.4 Å². The Kier molecular flexibility index (Phi) is 6.72. The van der Waals surface area contributed by atoms with Crippen molar-refractivity contribution < 1.29 is 27.4 Å². The summed E-state index contributed by atoms with van der Waals surface area (Å²) in [6.07, 6.45) is -3.01. The number of ether oxygens (including phenoxy) is 2. The highest BCUT2D eigenvalue weighted by molar-refractivity contribution is 5.91. The summed E-state index contributed by atoms with van der Waals surface area (Å²) in [5.41, 5.74) is -0.646. The fourth-order valence-corrected chi connectivity index (χ4v) is 3.69. The summed E-state index contributed by atoms with van der Waals surface area (Å²) >= 11 is 0. The van der Waals surface area contributed by atoms with Gasteiger partial charge >= 0.3 is 17.9 Å². The Morgan fingerprint density at radius 3 is 2.54 bits per heavy atom. The van der Waals surface area contributed by atoms with Crippen LogP contribution in [0.4, 0.5) is 23.7 Å². The molecule has 0 bridgehead atoms. The molecular formula is C23H24F3N5O4. The van der Waals surface area contributed by atoms with Crippen LogP contribution in [0.25, 0.3) is 11.4 Å². The number of urea groups is 1. The van der Waals surface area contributed by atoms with Gasteiger partial charge in [0.15, 0.2) is 17.3 Å². The number of nitrogens with one attached hydrogen (secondary N) is 2. The molecular weight excluding hydrogens is 467 g/mol. The highest BCUT2D eigenvalue weighted by atomic mass is 19.4. The van der Waals surface area contributed by atoms with Crippen molar-refractivity contribution in [1.82, 2.24) is 19.7 Å². The molecule has 35 heavy (non-hydrogen) atoms. The van der Waals surface area contributed by atoms with E-state index >= 15 is 0 Å². The van der Waals surface area contributed by atoms with Gasteiger partial charge < -0.3 is 20.1 Å². The minimum atomic E-state index is -4.51. The second-order valence-electron chi connectivity index (χ2n) is 7.93. The molecule has 1 heterocycles. The van der Waals surface area contributed by atoms with Crippen LogP contribution in [-0.2, 0) is 12.7 Å². The van der Waals surface area contributed by atoms with Crippen molar-refractivity contribution in [3.05, 3.63) is 58.5 Å². The minimum Gasteiger partial charge on any atom is -0.493 e. The lowest BCUT2D eigenvalue weighted by Gasteiger charge is -2.13. The lowest BCUT2D eigenvalue weighted by atomic mass is 10.1. The van der Waals surface area contributed by atoms with E-state index in [-0.39, 0.29) is 30.5 Å². The van der Waals surface area contributed by atoms with Gasteiger partial charge in [0.25, 0.3) is 0 Å². The zero-order chi connectivity index (χ0) is 25.2. The number of anilines is 1. The van der Waals surface area contributed by atoms with Crippen LogP contribution in [0.3, 0.4) is 0 Å². The first-order valence-corrected chi connectivity index (χ1v) is 10.9. The second kappa shape index (κ2) is 9.72. The highest BCUT2D eigenvalue weighted by Gasteiger charge is 2.33. The van der Waals surface area contributed by atoms with Gasteiger partial charge in [0.2, 0.25) is 0 Å². The maximum atomic E-state index is 13.2. The van der Waals surface area contributed by atoms with Gasteiger partial charge in [0, 0.05) is 18.2 Å².